The van der Waals surface area contributed by atoms with Gasteiger partial charge in [-0.3, -0.25) is 4.79 Å². The van der Waals surface area contributed by atoms with E-state index in [2.05, 4.69) is 5.32 Å². The van der Waals surface area contributed by atoms with Crippen LogP contribution in [0.5, 0.6) is 5.75 Å². The fourth-order valence-electron chi connectivity index (χ4n) is 1.80. The lowest BCUT2D eigenvalue weighted by Crippen LogP contribution is -2.15. The second-order valence-corrected chi connectivity index (χ2v) is 4.54. The number of anilines is 1. The number of carbonyl (C=O) groups is 1. The van der Waals surface area contributed by atoms with Crippen molar-refractivity contribution in [2.45, 2.75) is 13.0 Å². The Bertz CT molecular complexity index is 599. The molecule has 0 bridgehead atoms. The van der Waals surface area contributed by atoms with Crippen LogP contribution in [-0.2, 0) is 11.3 Å². The summed E-state index contributed by atoms with van der Waals surface area (Å²) in [5, 5.41) is 3.22. The number of para-hydroxylation sites is 2. The van der Waals surface area contributed by atoms with E-state index in [0.717, 1.165) is 11.3 Å². The van der Waals surface area contributed by atoms with E-state index < -0.39 is 5.91 Å². The summed E-state index contributed by atoms with van der Waals surface area (Å²) in [6.07, 6.45) is 0.173. The Morgan fingerprint density at radius 3 is 2.57 bits per heavy atom. The number of carbonyl (C=O) groups excluding carboxylic acids is 1. The average Bonchev–Trinajstić information content (AvgIpc) is 2.47. The molecule has 0 spiro atoms. The minimum absolute atomic E-state index is 0.173. The highest BCUT2D eigenvalue weighted by molar-refractivity contribution is 5.73. The molecule has 0 aliphatic heterocycles. The van der Waals surface area contributed by atoms with Crippen LogP contribution in [0.15, 0.2) is 48.5 Å². The molecule has 0 unspecified atom stereocenters. The van der Waals surface area contributed by atoms with Gasteiger partial charge in [0.2, 0.25) is 5.91 Å². The third-order valence-electron chi connectivity index (χ3n) is 2.89. The van der Waals surface area contributed by atoms with Crippen LogP contribution in [-0.4, -0.2) is 12.5 Å². The van der Waals surface area contributed by atoms with E-state index in [4.69, 9.17) is 10.5 Å². The summed E-state index contributed by atoms with van der Waals surface area (Å²) < 4.78 is 18.4. The van der Waals surface area contributed by atoms with Gasteiger partial charge in [0.05, 0.1) is 18.7 Å². The lowest BCUT2D eigenvalue weighted by Gasteiger charge is -2.13. The minimum Gasteiger partial charge on any atom is -0.491 e. The summed E-state index contributed by atoms with van der Waals surface area (Å²) in [6, 6.07) is 13.7. The number of amides is 1. The molecule has 0 saturated carbocycles. The third-order valence-corrected chi connectivity index (χ3v) is 2.89. The van der Waals surface area contributed by atoms with E-state index in [1.54, 1.807) is 12.1 Å². The summed E-state index contributed by atoms with van der Waals surface area (Å²) in [6.45, 7) is 0.793. The van der Waals surface area contributed by atoms with Crippen LogP contribution >= 0.6 is 0 Å². The van der Waals surface area contributed by atoms with Gasteiger partial charge in [-0.25, -0.2) is 4.39 Å². The zero-order valence-electron chi connectivity index (χ0n) is 11.5. The zero-order chi connectivity index (χ0) is 15.1. The topological polar surface area (TPSA) is 64.4 Å². The molecule has 5 heteroatoms. The number of halogens is 1. The van der Waals surface area contributed by atoms with Gasteiger partial charge in [-0.15, -0.1) is 0 Å². The first-order valence-electron chi connectivity index (χ1n) is 6.63. The van der Waals surface area contributed by atoms with Crippen molar-refractivity contribution in [3.05, 3.63) is 59.9 Å². The Hall–Kier alpha value is -2.56. The quantitative estimate of drug-likeness (QED) is 0.823. The van der Waals surface area contributed by atoms with Gasteiger partial charge >= 0.3 is 0 Å². The predicted molar refractivity (Wildman–Crippen MR) is 79.5 cm³/mol. The van der Waals surface area contributed by atoms with Gasteiger partial charge in [-0.1, -0.05) is 24.3 Å². The van der Waals surface area contributed by atoms with E-state index in [9.17, 15) is 9.18 Å². The molecule has 0 fully saturated rings. The van der Waals surface area contributed by atoms with Crippen molar-refractivity contribution in [1.82, 2.24) is 0 Å². The first-order chi connectivity index (χ1) is 10.1. The molecule has 0 atom stereocenters. The molecule has 0 saturated heterocycles. The van der Waals surface area contributed by atoms with E-state index in [1.807, 2.05) is 24.3 Å². The number of ether oxygens (including phenoxy) is 1. The van der Waals surface area contributed by atoms with Gasteiger partial charge in [0, 0.05) is 6.54 Å². The molecule has 4 nitrogen and oxygen atoms in total. The maximum atomic E-state index is 12.8. The van der Waals surface area contributed by atoms with Gasteiger partial charge in [-0.2, -0.15) is 0 Å². The SMILES string of the molecule is NC(=O)CCOc1ccccc1NCc1ccc(F)cc1. The molecule has 0 aliphatic rings. The van der Waals surface area contributed by atoms with E-state index >= 15 is 0 Å². The number of nitrogens with two attached hydrogens (primary N) is 1. The molecule has 0 radical (unpaired) electrons. The number of hydrogen-bond acceptors (Lipinski definition) is 3. The van der Waals surface area contributed by atoms with Crippen molar-refractivity contribution in [3.63, 3.8) is 0 Å². The second kappa shape index (κ2) is 7.28. The predicted octanol–water partition coefficient (Wildman–Crippen LogP) is 2.69. The molecule has 3 N–H and O–H groups in total. The molecular formula is C16H17FN2O2. The summed E-state index contributed by atoms with van der Waals surface area (Å²) in [5.41, 5.74) is 6.85. The zero-order valence-corrected chi connectivity index (χ0v) is 11.5. The Morgan fingerprint density at radius 2 is 1.86 bits per heavy atom. The molecular weight excluding hydrogens is 271 g/mol. The fraction of sp³-hybridized carbons (Fsp3) is 0.188. The fourth-order valence-corrected chi connectivity index (χ4v) is 1.80. The van der Waals surface area contributed by atoms with Gasteiger partial charge in [0.1, 0.15) is 11.6 Å². The normalized spacial score (nSPS) is 10.1. The smallest absolute Gasteiger partial charge is 0.220 e. The second-order valence-electron chi connectivity index (χ2n) is 4.54. The molecule has 1 amide bonds. The standard InChI is InChI=1S/C16H17FN2O2/c17-13-7-5-12(6-8-13)11-19-14-3-1-2-4-15(14)21-10-9-16(18)20/h1-8,19H,9-11H2,(H2,18,20). The number of primary amides is 1. The minimum atomic E-state index is -0.397. The van der Waals surface area contributed by atoms with Crippen molar-refractivity contribution in [1.29, 1.82) is 0 Å². The van der Waals surface area contributed by atoms with Crippen LogP contribution in [0.3, 0.4) is 0 Å². The summed E-state index contributed by atoms with van der Waals surface area (Å²) in [7, 11) is 0. The number of rotatable bonds is 7. The van der Waals surface area contributed by atoms with Crippen LogP contribution in [0.2, 0.25) is 0 Å². The van der Waals surface area contributed by atoms with Crippen molar-refractivity contribution < 1.29 is 13.9 Å². The van der Waals surface area contributed by atoms with Crippen LogP contribution < -0.4 is 15.8 Å². The molecule has 2 aromatic rings. The molecule has 2 aromatic carbocycles. The maximum Gasteiger partial charge on any atom is 0.220 e. The number of nitrogens with one attached hydrogen (secondary N) is 1. The average molecular weight is 288 g/mol. The van der Waals surface area contributed by atoms with E-state index in [1.165, 1.54) is 12.1 Å². The largest absolute Gasteiger partial charge is 0.491 e. The summed E-state index contributed by atoms with van der Waals surface area (Å²) in [4.78, 5) is 10.7. The first-order valence-corrected chi connectivity index (χ1v) is 6.63. The van der Waals surface area contributed by atoms with Crippen molar-refractivity contribution >= 4 is 11.6 Å². The van der Waals surface area contributed by atoms with E-state index in [-0.39, 0.29) is 18.8 Å². The van der Waals surface area contributed by atoms with Crippen molar-refractivity contribution in [2.75, 3.05) is 11.9 Å². The van der Waals surface area contributed by atoms with E-state index in [0.29, 0.717) is 12.3 Å². The van der Waals surface area contributed by atoms with Gasteiger partial charge in [0.15, 0.2) is 0 Å². The lowest BCUT2D eigenvalue weighted by molar-refractivity contribution is -0.118. The Morgan fingerprint density at radius 1 is 1.14 bits per heavy atom. The summed E-state index contributed by atoms with van der Waals surface area (Å²) >= 11 is 0. The van der Waals surface area contributed by atoms with Crippen LogP contribution in [0.1, 0.15) is 12.0 Å². The van der Waals surface area contributed by atoms with Crippen LogP contribution in [0.25, 0.3) is 0 Å². The number of benzene rings is 2. The van der Waals surface area contributed by atoms with Gasteiger partial charge in [-0.05, 0) is 29.8 Å². The highest BCUT2D eigenvalue weighted by Crippen LogP contribution is 2.24. The lowest BCUT2D eigenvalue weighted by atomic mass is 10.2. The Balaban J connectivity index is 1.96. The van der Waals surface area contributed by atoms with Crippen LogP contribution in [0, 0.1) is 5.82 Å². The Kier molecular flexibility index (Phi) is 5.15. The first kappa shape index (κ1) is 14.8. The Labute approximate surface area is 122 Å². The maximum absolute atomic E-state index is 12.8. The number of hydrogen-bond donors (Lipinski definition) is 2. The molecule has 2 rings (SSSR count). The molecule has 0 heterocycles. The highest BCUT2D eigenvalue weighted by Gasteiger charge is 2.04. The van der Waals surface area contributed by atoms with Gasteiger partial charge < -0.3 is 15.8 Å². The molecule has 0 aromatic heterocycles. The monoisotopic (exact) mass is 288 g/mol. The van der Waals surface area contributed by atoms with Gasteiger partial charge in [0.25, 0.3) is 0 Å². The van der Waals surface area contributed by atoms with Crippen LogP contribution in [0.4, 0.5) is 10.1 Å². The highest BCUT2D eigenvalue weighted by atomic mass is 19.1. The van der Waals surface area contributed by atoms with Crippen molar-refractivity contribution in [3.8, 4) is 5.75 Å². The summed E-state index contributed by atoms with van der Waals surface area (Å²) in [5.74, 6) is 0.00143. The molecule has 0 aliphatic carbocycles. The molecule has 110 valence electrons. The molecule has 21 heavy (non-hydrogen) atoms. The van der Waals surface area contributed by atoms with Crippen molar-refractivity contribution in [2.24, 2.45) is 5.73 Å². The third kappa shape index (κ3) is 4.80.